The molecule has 2 aromatic carbocycles. The van der Waals surface area contributed by atoms with Crippen molar-refractivity contribution in [3.63, 3.8) is 0 Å². The van der Waals surface area contributed by atoms with Crippen LogP contribution in [0.4, 0.5) is 5.82 Å². The van der Waals surface area contributed by atoms with Crippen molar-refractivity contribution in [1.82, 2.24) is 40.5 Å². The fourth-order valence-corrected chi connectivity index (χ4v) is 10.1. The average Bonchev–Trinajstić information content (AvgIpc) is 4.01. The molecule has 4 amide bonds. The summed E-state index contributed by atoms with van der Waals surface area (Å²) >= 11 is 1.05. The number of cyclic esters (lactones) is 1. The fourth-order valence-electron chi connectivity index (χ4n) is 9.41. The lowest BCUT2D eigenvalue weighted by Crippen LogP contribution is -2.62. The molecule has 18 heteroatoms. The van der Waals surface area contributed by atoms with Crippen LogP contribution in [0.25, 0.3) is 33.3 Å². The van der Waals surface area contributed by atoms with Gasteiger partial charge in [-0.2, -0.15) is 0 Å². The summed E-state index contributed by atoms with van der Waals surface area (Å²) in [6, 6.07) is 12.0. The smallest absolute Gasteiger partial charge is 0.324 e. The summed E-state index contributed by atoms with van der Waals surface area (Å²) in [5, 5.41) is 24.0. The zero-order chi connectivity index (χ0) is 48.6. The van der Waals surface area contributed by atoms with Crippen LogP contribution in [-0.4, -0.2) is 117 Å². The van der Waals surface area contributed by atoms with E-state index >= 15 is 0 Å². The minimum atomic E-state index is -1.20. The highest BCUT2D eigenvalue weighted by atomic mass is 32.1. The van der Waals surface area contributed by atoms with Crippen molar-refractivity contribution in [3.8, 4) is 28.1 Å². The van der Waals surface area contributed by atoms with Gasteiger partial charge in [-0.05, 0) is 97.7 Å². The molecule has 5 N–H and O–H groups in total. The lowest BCUT2D eigenvalue weighted by molar-refractivity contribution is -0.155. The standard InChI is InChI=1S/C50H61N9O8S/c1-9-58-39-15-14-30-22-34(39)35(43(58)33-12-10-16-51-41(33)28(4)66-8)23-50(5,6)26-67-49(65)36-13-11-17-59(56-36)47(63)37(20-29-18-31(30)21-32(60)19-29)53-45(62)42(27(2)3)57(7)48(64)46-55-40(25-68-46)54-44(61)38-24-52-38/h10,12,14-16,18-19,21-22,25,27-28,36-38,42,52,56,60H,9,11,13,17,20,23-24,26H2,1-8H3,(H,53,62)(H,54,61)/t28-,36-,37-,38+,42-/m0/s1. The second-order valence-corrected chi connectivity index (χ2v) is 20.0. The number of carbonyl (C=O) groups excluding carboxylic acids is 5. The van der Waals surface area contributed by atoms with Gasteiger partial charge in [0.15, 0.2) is 5.01 Å². The number of aromatic hydroxyl groups is 1. The first kappa shape index (κ1) is 48.3. The quantitative estimate of drug-likeness (QED) is 0.0806. The maximum absolute atomic E-state index is 14.7. The molecule has 3 aliphatic heterocycles. The number of fused-ring (bicyclic) bond motifs is 6. The van der Waals surface area contributed by atoms with E-state index in [9.17, 15) is 29.1 Å². The Balaban J connectivity index is 1.18. The van der Waals surface area contributed by atoms with Gasteiger partial charge in [0.05, 0.1) is 30.1 Å². The van der Waals surface area contributed by atoms with Crippen LogP contribution in [0.2, 0.25) is 0 Å². The molecular formula is C50H61N9O8S. The molecule has 360 valence electrons. The van der Waals surface area contributed by atoms with E-state index in [1.807, 2.05) is 25.1 Å². The minimum absolute atomic E-state index is 0.0250. The highest BCUT2D eigenvalue weighted by Crippen LogP contribution is 2.42. The summed E-state index contributed by atoms with van der Waals surface area (Å²) in [4.78, 5) is 79.8. The zero-order valence-corrected chi connectivity index (χ0v) is 40.7. The van der Waals surface area contributed by atoms with Crippen LogP contribution < -0.4 is 21.4 Å². The number of hydrogen-bond acceptors (Lipinski definition) is 13. The van der Waals surface area contributed by atoms with Crippen LogP contribution in [0, 0.1) is 11.3 Å². The van der Waals surface area contributed by atoms with E-state index in [0.717, 1.165) is 50.3 Å². The summed E-state index contributed by atoms with van der Waals surface area (Å²) in [5.74, 6) is -2.54. The van der Waals surface area contributed by atoms with Crippen molar-refractivity contribution in [3.05, 3.63) is 81.9 Å². The van der Waals surface area contributed by atoms with E-state index in [4.69, 9.17) is 14.5 Å². The van der Waals surface area contributed by atoms with Gasteiger partial charge >= 0.3 is 5.97 Å². The molecule has 5 aromatic rings. The van der Waals surface area contributed by atoms with Crippen LogP contribution in [0.5, 0.6) is 5.75 Å². The lowest BCUT2D eigenvalue weighted by Gasteiger charge is -2.36. The number of aryl methyl sites for hydroxylation is 1. The van der Waals surface area contributed by atoms with Crippen molar-refractivity contribution < 1.29 is 38.6 Å². The molecule has 0 spiro atoms. The number of anilines is 1. The van der Waals surface area contributed by atoms with Crippen molar-refractivity contribution >= 4 is 57.7 Å². The molecular weight excluding hydrogens is 887 g/mol. The first-order chi connectivity index (χ1) is 32.5. The number of carbonyl (C=O) groups is 5. The highest BCUT2D eigenvalue weighted by molar-refractivity contribution is 7.12. The molecule has 6 bridgehead atoms. The molecule has 2 fully saturated rings. The third kappa shape index (κ3) is 10.1. The van der Waals surface area contributed by atoms with Gasteiger partial charge in [0.2, 0.25) is 11.8 Å². The number of methoxy groups -OCH3 is 1. The molecule has 8 rings (SSSR count). The number of thiazole rings is 1. The number of phenolic OH excluding ortho intramolecular Hbond substituents is 1. The van der Waals surface area contributed by atoms with Gasteiger partial charge < -0.3 is 40.0 Å². The number of nitrogens with one attached hydrogen (secondary N) is 4. The van der Waals surface area contributed by atoms with Crippen LogP contribution >= 0.6 is 11.3 Å². The van der Waals surface area contributed by atoms with Gasteiger partial charge in [0.1, 0.15) is 29.7 Å². The van der Waals surface area contributed by atoms with Crippen LogP contribution in [-0.2, 0) is 48.0 Å². The maximum Gasteiger partial charge on any atom is 0.324 e. The van der Waals surface area contributed by atoms with Crippen molar-refractivity contribution in [2.75, 3.05) is 39.2 Å². The van der Waals surface area contributed by atoms with Gasteiger partial charge in [-0.25, -0.2) is 10.4 Å². The average molecular weight is 948 g/mol. The van der Waals surface area contributed by atoms with Gasteiger partial charge in [-0.1, -0.05) is 39.8 Å². The number of benzene rings is 2. The Morgan fingerprint density at radius 2 is 1.88 bits per heavy atom. The summed E-state index contributed by atoms with van der Waals surface area (Å²) < 4.78 is 14.2. The molecule has 5 atom stereocenters. The van der Waals surface area contributed by atoms with E-state index in [1.54, 1.807) is 44.7 Å². The summed E-state index contributed by atoms with van der Waals surface area (Å²) in [6.07, 6.45) is 2.90. The lowest BCUT2D eigenvalue weighted by atomic mass is 9.84. The number of amides is 4. The van der Waals surface area contributed by atoms with Gasteiger partial charge in [0, 0.05) is 73.7 Å². The normalized spacial score (nSPS) is 20.3. The largest absolute Gasteiger partial charge is 0.508 e. The third-order valence-corrected chi connectivity index (χ3v) is 13.8. The van der Waals surface area contributed by atoms with Crippen molar-refractivity contribution in [2.24, 2.45) is 11.3 Å². The molecule has 6 heterocycles. The van der Waals surface area contributed by atoms with E-state index in [1.165, 1.54) is 17.0 Å². The SMILES string of the molecule is CCn1c(-c2cccnc2[C@H](C)OC)c2c3cc(ccc31)-c1cc(O)cc(c1)C[C@H](NC(=O)[C@H](C(C)C)N(C)C(=O)c1nc(NC(=O)[C@H]3CN3)cs1)C(=O)N1CCC[C@H](N1)C(=O)OCC(C)(C)C2. The number of ether oxygens (including phenoxy) is 2. The Bertz CT molecular complexity index is 2750. The second-order valence-electron chi connectivity index (χ2n) is 19.1. The van der Waals surface area contributed by atoms with E-state index < -0.39 is 53.1 Å². The van der Waals surface area contributed by atoms with Crippen LogP contribution in [0.3, 0.4) is 0 Å². The Hall–Kier alpha value is -6.21. The number of aromatic nitrogens is 3. The van der Waals surface area contributed by atoms with E-state index in [-0.39, 0.29) is 54.2 Å². The van der Waals surface area contributed by atoms with Crippen LogP contribution in [0.1, 0.15) is 87.1 Å². The zero-order valence-electron chi connectivity index (χ0n) is 39.8. The van der Waals surface area contributed by atoms with Crippen LogP contribution in [0.15, 0.2) is 60.1 Å². The highest BCUT2D eigenvalue weighted by Gasteiger charge is 2.39. The molecule has 17 nitrogen and oxygen atoms in total. The number of esters is 1. The summed E-state index contributed by atoms with van der Waals surface area (Å²) in [7, 11) is 3.17. The van der Waals surface area contributed by atoms with Gasteiger partial charge in [-0.3, -0.25) is 34.0 Å². The molecule has 68 heavy (non-hydrogen) atoms. The molecule has 2 saturated heterocycles. The van der Waals surface area contributed by atoms with Crippen molar-refractivity contribution in [1.29, 1.82) is 0 Å². The third-order valence-electron chi connectivity index (χ3n) is 13.0. The van der Waals surface area contributed by atoms with E-state index in [2.05, 4.69) is 69.9 Å². The monoisotopic (exact) mass is 947 g/mol. The van der Waals surface area contributed by atoms with Gasteiger partial charge in [-0.15, -0.1) is 11.3 Å². The Labute approximate surface area is 400 Å². The summed E-state index contributed by atoms with van der Waals surface area (Å²) in [5.41, 5.74) is 9.44. The van der Waals surface area contributed by atoms with E-state index in [0.29, 0.717) is 43.5 Å². The molecule has 0 unspecified atom stereocenters. The first-order valence-corrected chi connectivity index (χ1v) is 24.1. The number of hydrogen-bond donors (Lipinski definition) is 5. The Kier molecular flexibility index (Phi) is 14.0. The van der Waals surface area contributed by atoms with Gasteiger partial charge in [0.25, 0.3) is 11.8 Å². The fraction of sp³-hybridized carbons (Fsp3) is 0.460. The predicted octanol–water partition coefficient (Wildman–Crippen LogP) is 5.62. The number of pyridine rings is 1. The molecule has 3 aromatic heterocycles. The second kappa shape index (κ2) is 19.8. The number of hydrazine groups is 1. The van der Waals surface area contributed by atoms with Crippen molar-refractivity contribution in [2.45, 2.75) is 104 Å². The summed E-state index contributed by atoms with van der Waals surface area (Å²) in [6.45, 7) is 13.4. The molecule has 0 saturated carbocycles. The predicted molar refractivity (Wildman–Crippen MR) is 259 cm³/mol. The Morgan fingerprint density at radius 1 is 1.10 bits per heavy atom. The minimum Gasteiger partial charge on any atom is -0.508 e. The molecule has 0 aliphatic carbocycles. The maximum atomic E-state index is 14.7. The molecule has 3 aliphatic rings. The first-order valence-electron chi connectivity index (χ1n) is 23.2. The number of rotatable bonds is 11. The topological polar surface area (TPSA) is 219 Å². The number of phenols is 1. The number of nitrogens with zero attached hydrogens (tertiary/aromatic N) is 5. The molecule has 0 radical (unpaired) electrons. The number of likely N-dealkylation sites (N-methyl/N-ethyl adjacent to an activating group) is 1. The Morgan fingerprint density at radius 3 is 2.60 bits per heavy atom.